The maximum Gasteiger partial charge on any atom is 0.122 e. The smallest absolute Gasteiger partial charge is 0.122 e. The molecular formula is C15H22BrNO2. The van der Waals surface area contributed by atoms with Gasteiger partial charge in [0.25, 0.3) is 0 Å². The number of benzene rings is 1. The lowest BCUT2D eigenvalue weighted by Crippen LogP contribution is -2.22. The maximum absolute atomic E-state index is 5.66. The van der Waals surface area contributed by atoms with E-state index in [0.29, 0.717) is 6.61 Å². The predicted octanol–water partition coefficient (Wildman–Crippen LogP) is 3.16. The van der Waals surface area contributed by atoms with Crippen LogP contribution in [-0.4, -0.2) is 32.4 Å². The average Bonchev–Trinajstić information content (AvgIpc) is 3.21. The molecule has 1 saturated carbocycles. The number of ether oxygens (including phenoxy) is 2. The molecule has 1 aliphatic carbocycles. The van der Waals surface area contributed by atoms with Crippen molar-refractivity contribution in [2.45, 2.75) is 32.2 Å². The monoisotopic (exact) mass is 327 g/mol. The van der Waals surface area contributed by atoms with Gasteiger partial charge in [0.1, 0.15) is 5.75 Å². The summed E-state index contributed by atoms with van der Waals surface area (Å²) < 4.78 is 12.4. The molecule has 19 heavy (non-hydrogen) atoms. The summed E-state index contributed by atoms with van der Waals surface area (Å²) >= 11 is 3.50. The van der Waals surface area contributed by atoms with Gasteiger partial charge >= 0.3 is 0 Å². The van der Waals surface area contributed by atoms with Crippen molar-refractivity contribution in [3.8, 4) is 5.75 Å². The van der Waals surface area contributed by atoms with E-state index < -0.39 is 0 Å². The van der Waals surface area contributed by atoms with Crippen LogP contribution >= 0.6 is 15.9 Å². The number of hydrogen-bond acceptors (Lipinski definition) is 3. The fourth-order valence-electron chi connectivity index (χ4n) is 1.95. The molecule has 0 radical (unpaired) electrons. The summed E-state index contributed by atoms with van der Waals surface area (Å²) in [5.74, 6) is 0.963. The lowest BCUT2D eigenvalue weighted by atomic mass is 10.1. The Kier molecular flexibility index (Phi) is 6.14. The molecule has 106 valence electrons. The number of halogens is 1. The Morgan fingerprint density at radius 1 is 1.32 bits per heavy atom. The van der Waals surface area contributed by atoms with Crippen molar-refractivity contribution in [3.63, 3.8) is 0 Å². The third kappa shape index (κ3) is 5.51. The average molecular weight is 328 g/mol. The quantitative estimate of drug-likeness (QED) is 0.707. The van der Waals surface area contributed by atoms with Crippen LogP contribution in [0, 0.1) is 0 Å². The molecule has 1 aliphatic rings. The zero-order valence-corrected chi connectivity index (χ0v) is 13.0. The van der Waals surface area contributed by atoms with Crippen molar-refractivity contribution in [2.24, 2.45) is 0 Å². The Balaban J connectivity index is 1.69. The Hall–Kier alpha value is -0.580. The summed E-state index contributed by atoms with van der Waals surface area (Å²) in [4.78, 5) is 0. The normalized spacial score (nSPS) is 14.6. The van der Waals surface area contributed by atoms with Gasteiger partial charge in [-0.2, -0.15) is 0 Å². The van der Waals surface area contributed by atoms with Gasteiger partial charge in [-0.05, 0) is 49.9 Å². The molecule has 0 bridgehead atoms. The number of nitrogens with one attached hydrogen (secondary N) is 1. The largest absolute Gasteiger partial charge is 0.494 e. The maximum atomic E-state index is 5.66. The van der Waals surface area contributed by atoms with Crippen LogP contribution < -0.4 is 10.1 Å². The minimum absolute atomic E-state index is 0.695. The predicted molar refractivity (Wildman–Crippen MR) is 80.9 cm³/mol. The lowest BCUT2D eigenvalue weighted by Gasteiger charge is -2.11. The van der Waals surface area contributed by atoms with Crippen LogP contribution in [0.2, 0.25) is 0 Å². The lowest BCUT2D eigenvalue weighted by molar-refractivity contribution is 0.138. The van der Waals surface area contributed by atoms with Gasteiger partial charge in [0, 0.05) is 17.1 Å². The molecular weight excluding hydrogens is 306 g/mol. The van der Waals surface area contributed by atoms with E-state index >= 15 is 0 Å². The van der Waals surface area contributed by atoms with E-state index in [1.807, 2.05) is 19.1 Å². The SMILES string of the molecule is CCOc1ccc(Br)cc1CCOCCNC1CC1. The highest BCUT2D eigenvalue weighted by atomic mass is 79.9. The Bertz CT molecular complexity index is 394. The number of hydrogen-bond donors (Lipinski definition) is 1. The summed E-state index contributed by atoms with van der Waals surface area (Å²) in [5, 5.41) is 3.44. The minimum Gasteiger partial charge on any atom is -0.494 e. The first-order valence-electron chi connectivity index (χ1n) is 7.02. The highest BCUT2D eigenvalue weighted by molar-refractivity contribution is 9.10. The van der Waals surface area contributed by atoms with Gasteiger partial charge in [0.2, 0.25) is 0 Å². The molecule has 1 N–H and O–H groups in total. The molecule has 0 saturated heterocycles. The van der Waals surface area contributed by atoms with Crippen LogP contribution in [0.3, 0.4) is 0 Å². The summed E-state index contributed by atoms with van der Waals surface area (Å²) in [6, 6.07) is 6.89. The van der Waals surface area contributed by atoms with E-state index in [4.69, 9.17) is 9.47 Å². The highest BCUT2D eigenvalue weighted by Crippen LogP contribution is 2.23. The van der Waals surface area contributed by atoms with Crippen LogP contribution in [0.5, 0.6) is 5.75 Å². The second kappa shape index (κ2) is 7.88. The van der Waals surface area contributed by atoms with Gasteiger partial charge in [0.15, 0.2) is 0 Å². The molecule has 0 amide bonds. The van der Waals surface area contributed by atoms with Gasteiger partial charge in [-0.25, -0.2) is 0 Å². The summed E-state index contributed by atoms with van der Waals surface area (Å²) in [6.07, 6.45) is 3.55. The minimum atomic E-state index is 0.695. The van der Waals surface area contributed by atoms with Crippen molar-refractivity contribution in [3.05, 3.63) is 28.2 Å². The molecule has 4 heteroatoms. The molecule has 0 spiro atoms. The topological polar surface area (TPSA) is 30.5 Å². The summed E-state index contributed by atoms with van der Waals surface area (Å²) in [7, 11) is 0. The molecule has 1 aromatic carbocycles. The summed E-state index contributed by atoms with van der Waals surface area (Å²) in [5.41, 5.74) is 1.20. The van der Waals surface area contributed by atoms with Crippen molar-refractivity contribution in [2.75, 3.05) is 26.4 Å². The van der Waals surface area contributed by atoms with Gasteiger partial charge in [-0.3, -0.25) is 0 Å². The van der Waals surface area contributed by atoms with Crippen LogP contribution in [0.4, 0.5) is 0 Å². The Labute approximate surface area is 123 Å². The van der Waals surface area contributed by atoms with Crippen molar-refractivity contribution in [1.82, 2.24) is 5.32 Å². The molecule has 2 rings (SSSR count). The molecule has 0 aromatic heterocycles. The van der Waals surface area contributed by atoms with Crippen molar-refractivity contribution in [1.29, 1.82) is 0 Å². The fourth-order valence-corrected chi connectivity index (χ4v) is 2.36. The Morgan fingerprint density at radius 3 is 2.89 bits per heavy atom. The highest BCUT2D eigenvalue weighted by Gasteiger charge is 2.19. The molecule has 3 nitrogen and oxygen atoms in total. The van der Waals surface area contributed by atoms with E-state index in [9.17, 15) is 0 Å². The third-order valence-electron chi connectivity index (χ3n) is 3.09. The van der Waals surface area contributed by atoms with Crippen LogP contribution in [-0.2, 0) is 11.2 Å². The molecule has 0 heterocycles. The van der Waals surface area contributed by atoms with Crippen molar-refractivity contribution >= 4 is 15.9 Å². The molecule has 0 atom stereocenters. The molecule has 1 fully saturated rings. The van der Waals surface area contributed by atoms with E-state index in [1.165, 1.54) is 18.4 Å². The third-order valence-corrected chi connectivity index (χ3v) is 3.59. The summed E-state index contributed by atoms with van der Waals surface area (Å²) in [6.45, 7) is 5.19. The van der Waals surface area contributed by atoms with Crippen molar-refractivity contribution < 1.29 is 9.47 Å². The van der Waals surface area contributed by atoms with Gasteiger partial charge in [-0.1, -0.05) is 15.9 Å². The second-order valence-electron chi connectivity index (χ2n) is 4.78. The zero-order chi connectivity index (χ0) is 13.5. The van der Waals surface area contributed by atoms with Crippen LogP contribution in [0.15, 0.2) is 22.7 Å². The van der Waals surface area contributed by atoms with Crippen LogP contribution in [0.1, 0.15) is 25.3 Å². The standard InChI is InChI=1S/C15H22BrNO2/c1-2-19-15-6-3-13(16)11-12(15)7-9-18-10-8-17-14-4-5-14/h3,6,11,14,17H,2,4-5,7-10H2,1H3. The Morgan fingerprint density at radius 2 is 2.16 bits per heavy atom. The van der Waals surface area contributed by atoms with E-state index in [1.54, 1.807) is 0 Å². The molecule has 0 aliphatic heterocycles. The van der Waals surface area contributed by atoms with Gasteiger partial charge < -0.3 is 14.8 Å². The van der Waals surface area contributed by atoms with Gasteiger partial charge in [0.05, 0.1) is 19.8 Å². The first-order chi connectivity index (χ1) is 9.29. The first kappa shape index (κ1) is 14.8. The van der Waals surface area contributed by atoms with E-state index in [2.05, 4.69) is 27.3 Å². The van der Waals surface area contributed by atoms with Gasteiger partial charge in [-0.15, -0.1) is 0 Å². The first-order valence-corrected chi connectivity index (χ1v) is 7.81. The van der Waals surface area contributed by atoms with Crippen LogP contribution in [0.25, 0.3) is 0 Å². The van der Waals surface area contributed by atoms with E-state index in [0.717, 1.165) is 42.4 Å². The zero-order valence-electron chi connectivity index (χ0n) is 11.5. The second-order valence-corrected chi connectivity index (χ2v) is 5.69. The molecule has 0 unspecified atom stereocenters. The molecule has 1 aromatic rings. The number of rotatable bonds is 9. The fraction of sp³-hybridized carbons (Fsp3) is 0.600. The van der Waals surface area contributed by atoms with E-state index in [-0.39, 0.29) is 0 Å².